The lowest BCUT2D eigenvalue weighted by Gasteiger charge is -2.29. The second-order valence-electron chi connectivity index (χ2n) is 5.67. The summed E-state index contributed by atoms with van der Waals surface area (Å²) in [5.41, 5.74) is 0. The first kappa shape index (κ1) is 13.1. The highest BCUT2D eigenvalue weighted by Crippen LogP contribution is 2.28. The zero-order chi connectivity index (χ0) is 14.1. The van der Waals surface area contributed by atoms with Gasteiger partial charge in [-0.05, 0) is 12.8 Å². The lowest BCUT2D eigenvalue weighted by atomic mass is 9.94. The van der Waals surface area contributed by atoms with Gasteiger partial charge < -0.3 is 5.32 Å². The van der Waals surface area contributed by atoms with Gasteiger partial charge in [-0.2, -0.15) is 5.10 Å². The summed E-state index contributed by atoms with van der Waals surface area (Å²) in [6, 6.07) is 1.46. The van der Waals surface area contributed by atoms with Crippen LogP contribution in [0.5, 0.6) is 0 Å². The van der Waals surface area contributed by atoms with Crippen molar-refractivity contribution in [2.75, 3.05) is 5.32 Å². The van der Waals surface area contributed by atoms with Gasteiger partial charge in [0.1, 0.15) is 11.9 Å². The lowest BCUT2D eigenvalue weighted by Crippen LogP contribution is -2.43. The predicted octanol–water partition coefficient (Wildman–Crippen LogP) is 1.29. The summed E-state index contributed by atoms with van der Waals surface area (Å²) in [5, 5.41) is 7.26. The second-order valence-corrected chi connectivity index (χ2v) is 5.67. The first-order valence-corrected chi connectivity index (χ1v) is 7.27. The Bertz CT molecular complexity index is 519. The Morgan fingerprint density at radius 1 is 1.25 bits per heavy atom. The molecule has 0 spiro atoms. The first-order chi connectivity index (χ1) is 9.65. The zero-order valence-corrected chi connectivity index (χ0v) is 11.7. The fourth-order valence-corrected chi connectivity index (χ4v) is 3.16. The summed E-state index contributed by atoms with van der Waals surface area (Å²) in [5.74, 6) is 0.507. The van der Waals surface area contributed by atoms with Crippen molar-refractivity contribution in [3.8, 4) is 0 Å². The highest BCUT2D eigenvalue weighted by Gasteiger charge is 2.42. The van der Waals surface area contributed by atoms with E-state index in [4.69, 9.17) is 0 Å². The number of aromatic nitrogens is 2. The number of rotatable bonds is 3. The van der Waals surface area contributed by atoms with E-state index < -0.39 is 6.04 Å². The van der Waals surface area contributed by atoms with Gasteiger partial charge in [0.2, 0.25) is 5.91 Å². The van der Waals surface area contributed by atoms with Crippen LogP contribution in [0.3, 0.4) is 0 Å². The predicted molar refractivity (Wildman–Crippen MR) is 74.0 cm³/mol. The molecule has 1 aliphatic heterocycles. The number of nitrogens with one attached hydrogen (secondary N) is 1. The van der Waals surface area contributed by atoms with Gasteiger partial charge >= 0.3 is 0 Å². The molecule has 0 radical (unpaired) electrons. The number of likely N-dealkylation sites (tertiary alicyclic amines) is 1. The van der Waals surface area contributed by atoms with Crippen LogP contribution in [0.1, 0.15) is 38.5 Å². The monoisotopic (exact) mass is 276 g/mol. The normalized spacial score (nSPS) is 24.4. The number of imide groups is 1. The van der Waals surface area contributed by atoms with Gasteiger partial charge in [0, 0.05) is 25.4 Å². The fourth-order valence-electron chi connectivity index (χ4n) is 3.16. The molecule has 0 aromatic carbocycles. The van der Waals surface area contributed by atoms with Crippen molar-refractivity contribution in [1.82, 2.24) is 14.7 Å². The van der Waals surface area contributed by atoms with E-state index in [0.29, 0.717) is 5.82 Å². The molecule has 1 saturated heterocycles. The minimum absolute atomic E-state index is 0.0460. The van der Waals surface area contributed by atoms with Gasteiger partial charge in [0.05, 0.1) is 6.42 Å². The van der Waals surface area contributed by atoms with Crippen molar-refractivity contribution in [3.63, 3.8) is 0 Å². The summed E-state index contributed by atoms with van der Waals surface area (Å²) < 4.78 is 1.67. The molecule has 1 atom stereocenters. The zero-order valence-electron chi connectivity index (χ0n) is 11.7. The molecule has 1 unspecified atom stereocenters. The van der Waals surface area contributed by atoms with Crippen molar-refractivity contribution in [1.29, 1.82) is 0 Å². The third kappa shape index (κ3) is 2.42. The summed E-state index contributed by atoms with van der Waals surface area (Å²) >= 11 is 0. The van der Waals surface area contributed by atoms with Crippen LogP contribution < -0.4 is 5.32 Å². The number of aryl methyl sites for hydroxylation is 1. The van der Waals surface area contributed by atoms with E-state index in [1.54, 1.807) is 10.7 Å². The quantitative estimate of drug-likeness (QED) is 0.845. The van der Waals surface area contributed by atoms with E-state index in [1.165, 1.54) is 11.3 Å². The standard InChI is InChI=1S/C14H20N4O2/c1-17-8-7-12(16-17)15-11-9-13(19)18(14(11)20)10-5-3-2-4-6-10/h7-8,10-11H,2-6,9H2,1H3,(H,15,16). The van der Waals surface area contributed by atoms with Crippen molar-refractivity contribution in [2.45, 2.75) is 50.6 Å². The molecule has 1 aromatic rings. The first-order valence-electron chi connectivity index (χ1n) is 7.27. The maximum absolute atomic E-state index is 12.4. The third-order valence-corrected chi connectivity index (χ3v) is 4.16. The van der Waals surface area contributed by atoms with E-state index in [1.807, 2.05) is 13.2 Å². The summed E-state index contributed by atoms with van der Waals surface area (Å²) in [4.78, 5) is 26.1. The molecule has 1 aliphatic carbocycles. The van der Waals surface area contributed by atoms with Crippen LogP contribution in [0.4, 0.5) is 5.82 Å². The average molecular weight is 276 g/mol. The van der Waals surface area contributed by atoms with Crippen LogP contribution in [0.15, 0.2) is 12.3 Å². The Morgan fingerprint density at radius 2 is 2.00 bits per heavy atom. The Hall–Kier alpha value is -1.85. The molecule has 1 aromatic heterocycles. The molecule has 6 heteroatoms. The smallest absolute Gasteiger partial charge is 0.252 e. The average Bonchev–Trinajstić information content (AvgIpc) is 2.96. The Labute approximate surface area is 118 Å². The van der Waals surface area contributed by atoms with Crippen molar-refractivity contribution in [3.05, 3.63) is 12.3 Å². The van der Waals surface area contributed by atoms with Crippen LogP contribution in [0.25, 0.3) is 0 Å². The SMILES string of the molecule is Cn1ccc(NC2CC(=O)N(C3CCCCC3)C2=O)n1. The largest absolute Gasteiger partial charge is 0.356 e. The maximum Gasteiger partial charge on any atom is 0.252 e. The Balaban J connectivity index is 1.69. The van der Waals surface area contributed by atoms with Crippen LogP contribution in [-0.2, 0) is 16.6 Å². The lowest BCUT2D eigenvalue weighted by molar-refractivity contribution is -0.141. The van der Waals surface area contributed by atoms with Crippen LogP contribution >= 0.6 is 0 Å². The molecule has 2 heterocycles. The molecule has 20 heavy (non-hydrogen) atoms. The molecule has 1 N–H and O–H groups in total. The van der Waals surface area contributed by atoms with Crippen molar-refractivity contribution >= 4 is 17.6 Å². The summed E-state index contributed by atoms with van der Waals surface area (Å²) in [6.07, 6.45) is 7.39. The number of carbonyl (C=O) groups excluding carboxylic acids is 2. The highest BCUT2D eigenvalue weighted by atomic mass is 16.2. The number of anilines is 1. The molecular weight excluding hydrogens is 256 g/mol. The van der Waals surface area contributed by atoms with Gasteiger partial charge in [-0.3, -0.25) is 19.2 Å². The summed E-state index contributed by atoms with van der Waals surface area (Å²) in [6.45, 7) is 0. The molecule has 2 aliphatic rings. The van der Waals surface area contributed by atoms with Crippen LogP contribution in [0.2, 0.25) is 0 Å². The van der Waals surface area contributed by atoms with Crippen molar-refractivity contribution < 1.29 is 9.59 Å². The summed E-state index contributed by atoms with van der Waals surface area (Å²) in [7, 11) is 1.82. The van der Waals surface area contributed by atoms with Gasteiger partial charge in [-0.15, -0.1) is 0 Å². The van der Waals surface area contributed by atoms with Crippen LogP contribution in [0, 0.1) is 0 Å². The van der Waals surface area contributed by atoms with Crippen molar-refractivity contribution in [2.24, 2.45) is 7.05 Å². The molecular formula is C14H20N4O2. The number of amides is 2. The van der Waals surface area contributed by atoms with E-state index >= 15 is 0 Å². The highest BCUT2D eigenvalue weighted by molar-refractivity contribution is 6.07. The Morgan fingerprint density at radius 3 is 2.65 bits per heavy atom. The fraction of sp³-hybridized carbons (Fsp3) is 0.643. The molecule has 2 amide bonds. The van der Waals surface area contributed by atoms with Crippen LogP contribution in [-0.4, -0.2) is 38.6 Å². The van der Waals surface area contributed by atoms with E-state index in [-0.39, 0.29) is 24.3 Å². The number of nitrogens with zero attached hydrogens (tertiary/aromatic N) is 3. The third-order valence-electron chi connectivity index (χ3n) is 4.16. The van der Waals surface area contributed by atoms with Gasteiger partial charge in [0.15, 0.2) is 0 Å². The van der Waals surface area contributed by atoms with E-state index in [9.17, 15) is 9.59 Å². The molecule has 2 fully saturated rings. The second kappa shape index (κ2) is 5.26. The van der Waals surface area contributed by atoms with Gasteiger partial charge in [-0.25, -0.2) is 0 Å². The van der Waals surface area contributed by atoms with E-state index in [0.717, 1.165) is 25.7 Å². The Kier molecular flexibility index (Phi) is 3.46. The van der Waals surface area contributed by atoms with Gasteiger partial charge in [0.25, 0.3) is 5.91 Å². The number of hydrogen-bond donors (Lipinski definition) is 1. The number of carbonyl (C=O) groups is 2. The van der Waals surface area contributed by atoms with Gasteiger partial charge in [-0.1, -0.05) is 19.3 Å². The molecule has 6 nitrogen and oxygen atoms in total. The molecule has 3 rings (SSSR count). The van der Waals surface area contributed by atoms with E-state index in [2.05, 4.69) is 10.4 Å². The molecule has 108 valence electrons. The maximum atomic E-state index is 12.4. The molecule has 0 bridgehead atoms. The number of hydrogen-bond acceptors (Lipinski definition) is 4. The topological polar surface area (TPSA) is 67.2 Å². The minimum Gasteiger partial charge on any atom is -0.356 e. The minimum atomic E-state index is -0.459. The molecule has 1 saturated carbocycles.